The summed E-state index contributed by atoms with van der Waals surface area (Å²) in [5.41, 5.74) is 0. The maximum Gasteiger partial charge on any atom is 0.335 e. The first kappa shape index (κ1) is 75.9. The molecular weight excluding hydrogens is 1040 g/mol. The Kier molecular flexibility index (Phi) is 52.4. The molecule has 12 heteroatoms. The van der Waals surface area contributed by atoms with Gasteiger partial charge in [0, 0.05) is 19.3 Å². The Balaban J connectivity index is 2.72. The van der Waals surface area contributed by atoms with Crippen molar-refractivity contribution in [1.29, 1.82) is 0 Å². The van der Waals surface area contributed by atoms with Gasteiger partial charge in [-0.3, -0.25) is 14.4 Å². The maximum absolute atomic E-state index is 13.2. The fraction of sp³-hybridized carbons (Fsp3) is 0.634. The van der Waals surface area contributed by atoms with Crippen LogP contribution >= 0.6 is 0 Å². The fourth-order valence-corrected chi connectivity index (χ4v) is 8.83. The summed E-state index contributed by atoms with van der Waals surface area (Å²) in [5, 5.41) is 31.6. The van der Waals surface area contributed by atoms with Gasteiger partial charge in [-0.25, -0.2) is 4.79 Å². The molecule has 3 N–H and O–H groups in total. The average Bonchev–Trinajstić information content (AvgIpc) is 3.58. The number of rotatable bonds is 53. The SMILES string of the molecule is CC/C=C\C/C=C\C/C=C\C/C=C\C/C=C\CCCCCC(=O)OCC(COC1OC(C(=O)O)C(O)C(O)C1OC(=O)CCCCCCC/C=C\C/C=C\C/C=C\CC)OC(=O)CCCCCCCC/C=C\C/C=C\C/C=C\CCCCC. The van der Waals surface area contributed by atoms with E-state index in [4.69, 9.17) is 23.7 Å². The molecular formula is C71H112O12. The van der Waals surface area contributed by atoms with Crippen LogP contribution in [0, 0.1) is 0 Å². The van der Waals surface area contributed by atoms with E-state index in [1.807, 2.05) is 0 Å². The van der Waals surface area contributed by atoms with Crippen LogP contribution in [-0.2, 0) is 42.9 Å². The molecule has 1 heterocycles. The summed E-state index contributed by atoms with van der Waals surface area (Å²) in [6, 6.07) is 0. The van der Waals surface area contributed by atoms with Crippen LogP contribution in [0.3, 0.4) is 0 Å². The minimum atomic E-state index is -1.92. The lowest BCUT2D eigenvalue weighted by Gasteiger charge is -2.40. The predicted octanol–water partition coefficient (Wildman–Crippen LogP) is 17.3. The highest BCUT2D eigenvalue weighted by atomic mass is 16.7. The number of hydrogen-bond acceptors (Lipinski definition) is 11. The van der Waals surface area contributed by atoms with Crippen molar-refractivity contribution in [2.45, 2.75) is 276 Å². The molecule has 6 unspecified atom stereocenters. The van der Waals surface area contributed by atoms with Gasteiger partial charge in [-0.1, -0.05) is 219 Å². The standard InChI is InChI=1S/C71H112O12/c1-4-7-10-13-16-19-22-25-28-30-32-34-37-39-42-45-48-51-54-57-63(72)79-60-62(81-64(73)58-55-52-49-46-43-41-38-35-33-31-29-26-23-20-17-14-11-8-5-2)61-80-71-69(67(76)66(75)68(83-71)70(77)78)82-65(74)59-56-53-50-47-44-40-36-27-24-21-18-15-12-9-6-3/h7,9-10,12,16-21,25-29,32-36,39,42,62,66-69,71,75-76H,4-6,8,11,13-15,22-24,30-31,37-38,40-41,43-61H2,1-3H3,(H,77,78)/b10-7-,12-9-,19-16-,20-17-,21-18-,28-25-,29-26-,34-32-,35-33-,36-27-,42-39-. The Bertz CT molecular complexity index is 1950. The molecule has 1 saturated heterocycles. The number of allylic oxidation sites excluding steroid dienone is 22. The molecule has 1 fully saturated rings. The summed E-state index contributed by atoms with van der Waals surface area (Å²) in [7, 11) is 0. The highest BCUT2D eigenvalue weighted by Crippen LogP contribution is 2.26. The zero-order valence-electron chi connectivity index (χ0n) is 51.6. The molecule has 0 aromatic rings. The number of aliphatic carboxylic acids is 1. The van der Waals surface area contributed by atoms with Gasteiger partial charge in [0.05, 0.1) is 6.61 Å². The van der Waals surface area contributed by atoms with Gasteiger partial charge in [0.2, 0.25) is 0 Å². The van der Waals surface area contributed by atoms with Gasteiger partial charge >= 0.3 is 23.9 Å². The van der Waals surface area contributed by atoms with Crippen molar-refractivity contribution < 1.29 is 58.2 Å². The van der Waals surface area contributed by atoms with Crippen LogP contribution in [0.1, 0.15) is 239 Å². The average molecular weight is 1160 g/mol. The van der Waals surface area contributed by atoms with Crippen molar-refractivity contribution in [2.75, 3.05) is 13.2 Å². The van der Waals surface area contributed by atoms with E-state index in [1.54, 1.807) is 0 Å². The first-order valence-corrected chi connectivity index (χ1v) is 32.2. The predicted molar refractivity (Wildman–Crippen MR) is 340 cm³/mol. The molecule has 0 amide bonds. The number of carboxylic acid groups (broad SMARTS) is 1. The number of aliphatic hydroxyl groups is 2. The fourth-order valence-electron chi connectivity index (χ4n) is 8.83. The molecule has 83 heavy (non-hydrogen) atoms. The Morgan fingerprint density at radius 2 is 0.759 bits per heavy atom. The second-order valence-electron chi connectivity index (χ2n) is 21.3. The summed E-state index contributed by atoms with van der Waals surface area (Å²) >= 11 is 0. The van der Waals surface area contributed by atoms with E-state index >= 15 is 0 Å². The van der Waals surface area contributed by atoms with Crippen LogP contribution < -0.4 is 0 Å². The lowest BCUT2D eigenvalue weighted by atomic mass is 9.98. The molecule has 0 aromatic carbocycles. The van der Waals surface area contributed by atoms with Crippen LogP contribution in [0.2, 0.25) is 0 Å². The minimum absolute atomic E-state index is 0.0287. The van der Waals surface area contributed by atoms with Gasteiger partial charge in [0.15, 0.2) is 24.6 Å². The molecule has 0 aromatic heterocycles. The molecule has 0 bridgehead atoms. The van der Waals surface area contributed by atoms with E-state index in [-0.39, 0.29) is 25.9 Å². The molecule has 0 spiro atoms. The highest BCUT2D eigenvalue weighted by Gasteiger charge is 2.50. The number of ether oxygens (including phenoxy) is 5. The molecule has 1 aliphatic heterocycles. The maximum atomic E-state index is 13.2. The van der Waals surface area contributed by atoms with Gasteiger partial charge in [-0.2, -0.15) is 0 Å². The Morgan fingerprint density at radius 3 is 1.17 bits per heavy atom. The third-order valence-electron chi connectivity index (χ3n) is 13.7. The number of esters is 3. The molecule has 1 aliphatic rings. The van der Waals surface area contributed by atoms with Crippen LogP contribution in [0.15, 0.2) is 134 Å². The Labute approximate surface area is 502 Å². The number of aliphatic hydroxyl groups excluding tert-OH is 2. The van der Waals surface area contributed by atoms with E-state index in [2.05, 4.69) is 154 Å². The van der Waals surface area contributed by atoms with E-state index in [9.17, 15) is 34.5 Å². The smallest absolute Gasteiger partial charge is 0.335 e. The lowest BCUT2D eigenvalue weighted by Crippen LogP contribution is -2.61. The van der Waals surface area contributed by atoms with Gasteiger partial charge < -0.3 is 39.0 Å². The number of carboxylic acids is 1. The zero-order valence-corrected chi connectivity index (χ0v) is 51.6. The van der Waals surface area contributed by atoms with Crippen LogP contribution in [-0.4, -0.2) is 89.2 Å². The van der Waals surface area contributed by atoms with Crippen LogP contribution in [0.5, 0.6) is 0 Å². The lowest BCUT2D eigenvalue weighted by molar-refractivity contribution is -0.301. The van der Waals surface area contributed by atoms with E-state index in [0.29, 0.717) is 19.3 Å². The van der Waals surface area contributed by atoms with Crippen molar-refractivity contribution in [3.05, 3.63) is 134 Å². The van der Waals surface area contributed by atoms with E-state index in [1.165, 1.54) is 25.7 Å². The third-order valence-corrected chi connectivity index (χ3v) is 13.7. The summed E-state index contributed by atoms with van der Waals surface area (Å²) in [6.07, 6.45) is 68.3. The normalized spacial score (nSPS) is 18.5. The number of unbranched alkanes of at least 4 members (excludes halogenated alkanes) is 17. The topological polar surface area (TPSA) is 175 Å². The molecule has 468 valence electrons. The summed E-state index contributed by atoms with van der Waals surface area (Å²) < 4.78 is 28.5. The molecule has 6 atom stereocenters. The van der Waals surface area contributed by atoms with Crippen molar-refractivity contribution >= 4 is 23.9 Å². The minimum Gasteiger partial charge on any atom is -0.479 e. The second kappa shape index (κ2) is 57.3. The monoisotopic (exact) mass is 1160 g/mol. The summed E-state index contributed by atoms with van der Waals surface area (Å²) in [5.74, 6) is -3.22. The molecule has 12 nitrogen and oxygen atoms in total. The molecule has 0 radical (unpaired) electrons. The van der Waals surface area contributed by atoms with Crippen molar-refractivity contribution in [3.63, 3.8) is 0 Å². The van der Waals surface area contributed by atoms with Gasteiger partial charge in [0.25, 0.3) is 0 Å². The third kappa shape index (κ3) is 46.9. The van der Waals surface area contributed by atoms with Crippen molar-refractivity contribution in [2.24, 2.45) is 0 Å². The number of carbonyl (C=O) groups excluding carboxylic acids is 3. The largest absolute Gasteiger partial charge is 0.479 e. The molecule has 1 rings (SSSR count). The van der Waals surface area contributed by atoms with E-state index < -0.39 is 67.3 Å². The van der Waals surface area contributed by atoms with Crippen LogP contribution in [0.25, 0.3) is 0 Å². The van der Waals surface area contributed by atoms with Crippen molar-refractivity contribution in [3.8, 4) is 0 Å². The Morgan fingerprint density at radius 1 is 0.410 bits per heavy atom. The van der Waals surface area contributed by atoms with Crippen LogP contribution in [0.4, 0.5) is 0 Å². The zero-order chi connectivity index (χ0) is 60.3. The van der Waals surface area contributed by atoms with Gasteiger partial charge in [0.1, 0.15) is 18.8 Å². The van der Waals surface area contributed by atoms with Crippen molar-refractivity contribution in [1.82, 2.24) is 0 Å². The Hall–Kier alpha value is -5.14. The highest BCUT2D eigenvalue weighted by molar-refractivity contribution is 5.74. The quantitative estimate of drug-likeness (QED) is 0.0228. The number of hydrogen-bond donors (Lipinski definition) is 3. The van der Waals surface area contributed by atoms with E-state index in [0.717, 1.165) is 154 Å². The molecule has 0 aliphatic carbocycles. The second-order valence-corrected chi connectivity index (χ2v) is 21.3. The number of carbonyl (C=O) groups is 4. The molecule has 0 saturated carbocycles. The summed E-state index contributed by atoms with van der Waals surface area (Å²) in [4.78, 5) is 51.3. The summed E-state index contributed by atoms with van der Waals surface area (Å²) in [6.45, 7) is 5.70. The van der Waals surface area contributed by atoms with Gasteiger partial charge in [-0.15, -0.1) is 0 Å². The van der Waals surface area contributed by atoms with Gasteiger partial charge in [-0.05, 0) is 135 Å². The first-order chi connectivity index (χ1) is 40.6. The first-order valence-electron chi connectivity index (χ1n) is 32.2.